The van der Waals surface area contributed by atoms with Crippen LogP contribution in [-0.4, -0.2) is 51.8 Å². The molecule has 0 saturated carbocycles. The molecule has 0 radical (unpaired) electrons. The highest BCUT2D eigenvalue weighted by molar-refractivity contribution is 5.88. The minimum atomic E-state index is -1.00. The number of carboxylic acid groups (broad SMARTS) is 1. The fourth-order valence-corrected chi connectivity index (χ4v) is 1.85. The first-order chi connectivity index (χ1) is 8.99. The minimum Gasteiger partial charge on any atom is -0.478 e. The Labute approximate surface area is 112 Å². The third-order valence-electron chi connectivity index (χ3n) is 2.85. The molecular formula is C12H20N4O3. The van der Waals surface area contributed by atoms with Crippen LogP contribution in [0.1, 0.15) is 29.4 Å². The second kappa shape index (κ2) is 6.89. The molecule has 0 unspecified atom stereocenters. The van der Waals surface area contributed by atoms with Crippen LogP contribution in [0, 0.1) is 0 Å². The van der Waals surface area contributed by atoms with E-state index in [0.717, 1.165) is 13.0 Å². The number of carboxylic acids is 1. The van der Waals surface area contributed by atoms with E-state index in [1.807, 2.05) is 11.8 Å². The summed E-state index contributed by atoms with van der Waals surface area (Å²) in [5, 5.41) is 15.6. The fourth-order valence-electron chi connectivity index (χ4n) is 1.85. The van der Waals surface area contributed by atoms with Gasteiger partial charge in [0, 0.05) is 20.6 Å². The Morgan fingerprint density at radius 3 is 2.74 bits per heavy atom. The molecular weight excluding hydrogens is 248 g/mol. The Morgan fingerprint density at radius 2 is 2.21 bits per heavy atom. The zero-order chi connectivity index (χ0) is 14.4. The molecule has 106 valence electrons. The number of aromatic carboxylic acids is 1. The zero-order valence-electron chi connectivity index (χ0n) is 11.5. The standard InChI is InChI=1S/C12H20N4O3/c1-4-5-16(8-11(17)13-2)7-10-9(12(18)19)6-14-15(10)3/h6H,4-5,7-8H2,1-3H3,(H,13,17)(H,18,19). The van der Waals surface area contributed by atoms with E-state index < -0.39 is 5.97 Å². The number of carbonyl (C=O) groups excluding carboxylic acids is 1. The predicted octanol–water partition coefficient (Wildman–Crippen LogP) is 0.0763. The highest BCUT2D eigenvalue weighted by atomic mass is 16.4. The van der Waals surface area contributed by atoms with Gasteiger partial charge < -0.3 is 10.4 Å². The summed E-state index contributed by atoms with van der Waals surface area (Å²) in [5.41, 5.74) is 0.783. The molecule has 7 heteroatoms. The van der Waals surface area contributed by atoms with Crippen molar-refractivity contribution >= 4 is 11.9 Å². The van der Waals surface area contributed by atoms with Gasteiger partial charge >= 0.3 is 5.97 Å². The lowest BCUT2D eigenvalue weighted by atomic mass is 10.2. The van der Waals surface area contributed by atoms with Gasteiger partial charge in [0.15, 0.2) is 0 Å². The van der Waals surface area contributed by atoms with Crippen LogP contribution in [0.2, 0.25) is 0 Å². The molecule has 19 heavy (non-hydrogen) atoms. The molecule has 1 amide bonds. The van der Waals surface area contributed by atoms with E-state index >= 15 is 0 Å². The molecule has 0 saturated heterocycles. The highest BCUT2D eigenvalue weighted by Crippen LogP contribution is 2.11. The molecule has 0 atom stereocenters. The van der Waals surface area contributed by atoms with Crippen LogP contribution >= 0.6 is 0 Å². The summed E-state index contributed by atoms with van der Waals surface area (Å²) in [4.78, 5) is 24.4. The van der Waals surface area contributed by atoms with Crippen LogP contribution in [-0.2, 0) is 18.4 Å². The van der Waals surface area contributed by atoms with Gasteiger partial charge in [-0.2, -0.15) is 5.10 Å². The first-order valence-corrected chi connectivity index (χ1v) is 6.16. The number of amides is 1. The van der Waals surface area contributed by atoms with Crippen molar-refractivity contribution in [2.45, 2.75) is 19.9 Å². The van der Waals surface area contributed by atoms with Gasteiger partial charge in [-0.3, -0.25) is 14.4 Å². The molecule has 1 rings (SSSR count). The summed E-state index contributed by atoms with van der Waals surface area (Å²) in [6.07, 6.45) is 2.22. The van der Waals surface area contributed by atoms with Crippen LogP contribution in [0.5, 0.6) is 0 Å². The zero-order valence-corrected chi connectivity index (χ0v) is 11.5. The van der Waals surface area contributed by atoms with Gasteiger partial charge in [-0.1, -0.05) is 6.92 Å². The Bertz CT molecular complexity index is 456. The lowest BCUT2D eigenvalue weighted by molar-refractivity contribution is -0.121. The van der Waals surface area contributed by atoms with E-state index in [-0.39, 0.29) is 18.0 Å². The molecule has 0 aliphatic rings. The number of aromatic nitrogens is 2. The molecule has 2 N–H and O–H groups in total. The number of aryl methyl sites for hydroxylation is 1. The fraction of sp³-hybridized carbons (Fsp3) is 0.583. The third-order valence-corrected chi connectivity index (χ3v) is 2.85. The summed E-state index contributed by atoms with van der Waals surface area (Å²) >= 11 is 0. The summed E-state index contributed by atoms with van der Waals surface area (Å²) < 4.78 is 1.54. The first-order valence-electron chi connectivity index (χ1n) is 6.16. The van der Waals surface area contributed by atoms with Gasteiger partial charge in [0.25, 0.3) is 0 Å². The van der Waals surface area contributed by atoms with E-state index in [1.165, 1.54) is 10.9 Å². The highest BCUT2D eigenvalue weighted by Gasteiger charge is 2.18. The van der Waals surface area contributed by atoms with Crippen molar-refractivity contribution in [1.29, 1.82) is 0 Å². The lowest BCUT2D eigenvalue weighted by Gasteiger charge is -2.21. The normalized spacial score (nSPS) is 10.7. The maximum absolute atomic E-state index is 11.4. The number of rotatable bonds is 7. The average molecular weight is 268 g/mol. The molecule has 0 spiro atoms. The minimum absolute atomic E-state index is 0.0903. The van der Waals surface area contributed by atoms with Gasteiger partial charge in [-0.15, -0.1) is 0 Å². The lowest BCUT2D eigenvalue weighted by Crippen LogP contribution is -2.36. The maximum Gasteiger partial charge on any atom is 0.339 e. The van der Waals surface area contributed by atoms with Gasteiger partial charge in [0.1, 0.15) is 5.56 Å². The van der Waals surface area contributed by atoms with Crippen molar-refractivity contribution in [3.63, 3.8) is 0 Å². The Hall–Kier alpha value is -1.89. The molecule has 1 aromatic rings. The largest absolute Gasteiger partial charge is 0.478 e. The molecule has 0 bridgehead atoms. The van der Waals surface area contributed by atoms with E-state index in [4.69, 9.17) is 5.11 Å². The van der Waals surface area contributed by atoms with E-state index in [9.17, 15) is 9.59 Å². The topological polar surface area (TPSA) is 87.5 Å². The van der Waals surface area contributed by atoms with Crippen LogP contribution in [0.4, 0.5) is 0 Å². The second-order valence-corrected chi connectivity index (χ2v) is 4.32. The van der Waals surface area contributed by atoms with E-state index in [2.05, 4.69) is 10.4 Å². The van der Waals surface area contributed by atoms with Crippen LogP contribution in [0.15, 0.2) is 6.20 Å². The number of hydrogen-bond acceptors (Lipinski definition) is 4. The van der Waals surface area contributed by atoms with Gasteiger partial charge in [0.05, 0.1) is 18.4 Å². The summed E-state index contributed by atoms with van der Waals surface area (Å²) in [7, 11) is 3.28. The molecule has 1 heterocycles. The Balaban J connectivity index is 2.86. The summed E-state index contributed by atoms with van der Waals surface area (Å²) in [6.45, 7) is 3.36. The number of nitrogens with one attached hydrogen (secondary N) is 1. The summed E-state index contributed by atoms with van der Waals surface area (Å²) in [5.74, 6) is -1.09. The van der Waals surface area contributed by atoms with Gasteiger partial charge in [-0.05, 0) is 13.0 Å². The number of hydrogen-bond donors (Lipinski definition) is 2. The van der Waals surface area contributed by atoms with Crippen molar-refractivity contribution in [1.82, 2.24) is 20.0 Å². The predicted molar refractivity (Wildman–Crippen MR) is 69.8 cm³/mol. The number of likely N-dealkylation sites (N-methyl/N-ethyl adjacent to an activating group) is 1. The van der Waals surface area contributed by atoms with Crippen molar-refractivity contribution in [2.75, 3.05) is 20.1 Å². The Kier molecular flexibility index (Phi) is 5.50. The molecule has 0 fully saturated rings. The molecule has 0 aromatic carbocycles. The molecule has 0 aliphatic heterocycles. The van der Waals surface area contributed by atoms with Gasteiger partial charge in [-0.25, -0.2) is 4.79 Å². The average Bonchev–Trinajstić information content (AvgIpc) is 2.71. The smallest absolute Gasteiger partial charge is 0.339 e. The van der Waals surface area contributed by atoms with Crippen molar-refractivity contribution in [3.05, 3.63) is 17.5 Å². The molecule has 7 nitrogen and oxygen atoms in total. The number of carbonyl (C=O) groups is 2. The summed E-state index contributed by atoms with van der Waals surface area (Å²) in [6, 6.07) is 0. The maximum atomic E-state index is 11.4. The van der Waals surface area contributed by atoms with Crippen molar-refractivity contribution in [3.8, 4) is 0 Å². The van der Waals surface area contributed by atoms with Crippen molar-refractivity contribution < 1.29 is 14.7 Å². The SMILES string of the molecule is CCCN(CC(=O)NC)Cc1c(C(=O)O)cnn1C. The molecule has 1 aromatic heterocycles. The van der Waals surface area contributed by atoms with Crippen molar-refractivity contribution in [2.24, 2.45) is 7.05 Å². The monoisotopic (exact) mass is 268 g/mol. The van der Waals surface area contributed by atoms with E-state index in [1.54, 1.807) is 14.1 Å². The van der Waals surface area contributed by atoms with Crippen LogP contribution in [0.3, 0.4) is 0 Å². The Morgan fingerprint density at radius 1 is 1.53 bits per heavy atom. The molecule has 0 aliphatic carbocycles. The van der Waals surface area contributed by atoms with Gasteiger partial charge in [0.2, 0.25) is 5.91 Å². The quantitative estimate of drug-likeness (QED) is 0.731. The van der Waals surface area contributed by atoms with Crippen LogP contribution < -0.4 is 5.32 Å². The third kappa shape index (κ3) is 4.06. The van der Waals surface area contributed by atoms with Crippen LogP contribution in [0.25, 0.3) is 0 Å². The second-order valence-electron chi connectivity index (χ2n) is 4.32. The first kappa shape index (κ1) is 15.2. The van der Waals surface area contributed by atoms with E-state index in [0.29, 0.717) is 12.2 Å². The number of nitrogens with zero attached hydrogens (tertiary/aromatic N) is 3.